The summed E-state index contributed by atoms with van der Waals surface area (Å²) in [6, 6.07) is 5.62. The van der Waals surface area contributed by atoms with Gasteiger partial charge in [-0.05, 0) is 23.8 Å². The minimum atomic E-state index is 0.247. The smallest absolute Gasteiger partial charge is 0.342 e. The number of rotatable bonds is 4. The number of imidazole rings is 1. The molecule has 8 heteroatoms. The maximum absolute atomic E-state index is 4.16. The number of hydrogen-bond acceptors (Lipinski definition) is 4. The zero-order valence-electron chi connectivity index (χ0n) is 12.5. The molecular formula is C14H17N8+. The van der Waals surface area contributed by atoms with Crippen LogP contribution >= 0.6 is 0 Å². The lowest BCUT2D eigenvalue weighted by molar-refractivity contribution is -0.435. The highest BCUT2D eigenvalue weighted by molar-refractivity contribution is 5.95. The van der Waals surface area contributed by atoms with Crippen molar-refractivity contribution >= 4 is 12.6 Å². The fraction of sp³-hybridized carbons (Fsp3) is 0.143. The minimum Gasteiger partial charge on any atom is -0.342 e. The zero-order chi connectivity index (χ0) is 15.9. The summed E-state index contributed by atoms with van der Waals surface area (Å²) in [6.45, 7) is 7.40. The van der Waals surface area contributed by atoms with E-state index in [0.29, 0.717) is 17.1 Å². The largest absolute Gasteiger partial charge is 0.342 e. The van der Waals surface area contributed by atoms with E-state index in [2.05, 4.69) is 43.7 Å². The molecule has 0 aliphatic heterocycles. The van der Waals surface area contributed by atoms with Gasteiger partial charge < -0.3 is 9.55 Å². The first kappa shape index (κ1) is 15.2. The van der Waals surface area contributed by atoms with E-state index in [1.165, 1.54) is 4.58 Å². The normalized spacial score (nSPS) is 12.8. The minimum absolute atomic E-state index is 0.247. The van der Waals surface area contributed by atoms with Crippen LogP contribution in [0.5, 0.6) is 0 Å². The van der Waals surface area contributed by atoms with Crippen molar-refractivity contribution in [3.63, 3.8) is 0 Å². The zero-order valence-corrected chi connectivity index (χ0v) is 12.5. The van der Waals surface area contributed by atoms with Crippen molar-refractivity contribution in [1.82, 2.24) is 14.5 Å². The van der Waals surface area contributed by atoms with Gasteiger partial charge in [0.2, 0.25) is 0 Å². The molecule has 0 bridgehead atoms. The monoisotopic (exact) mass is 297 g/mol. The molecule has 2 heterocycles. The van der Waals surface area contributed by atoms with Gasteiger partial charge >= 0.3 is 5.82 Å². The van der Waals surface area contributed by atoms with Gasteiger partial charge in [0.25, 0.3) is 5.84 Å². The summed E-state index contributed by atoms with van der Waals surface area (Å²) in [5, 5.41) is 16.3. The number of nitrogens with one attached hydrogen (secondary N) is 1. The van der Waals surface area contributed by atoms with Crippen LogP contribution in [0.3, 0.4) is 0 Å². The van der Waals surface area contributed by atoms with Crippen LogP contribution in [0.15, 0.2) is 69.6 Å². The highest BCUT2D eigenvalue weighted by Crippen LogP contribution is 2.00. The molecule has 0 unspecified atom stereocenters. The van der Waals surface area contributed by atoms with E-state index >= 15 is 0 Å². The third kappa shape index (κ3) is 3.92. The van der Waals surface area contributed by atoms with E-state index in [0.717, 1.165) is 0 Å². The molecule has 0 fully saturated rings. The summed E-state index contributed by atoms with van der Waals surface area (Å²) < 4.78 is 3.33. The number of H-pyrrole nitrogens is 1. The van der Waals surface area contributed by atoms with Crippen LogP contribution in [0.1, 0.15) is 5.82 Å². The Morgan fingerprint density at radius 1 is 1.36 bits per heavy atom. The number of hydrogen-bond donors (Lipinski definition) is 1. The summed E-state index contributed by atoms with van der Waals surface area (Å²) in [6.07, 6.45) is 5.15. The van der Waals surface area contributed by atoms with E-state index in [1.807, 2.05) is 36.0 Å². The van der Waals surface area contributed by atoms with Gasteiger partial charge in [-0.3, -0.25) is 0 Å². The van der Waals surface area contributed by atoms with Gasteiger partial charge in [0.05, 0.1) is 18.9 Å². The number of nitrogens with zero attached hydrogens (tertiary/aromatic N) is 7. The molecule has 0 aromatic carbocycles. The third-order valence-electron chi connectivity index (χ3n) is 2.69. The Balaban J connectivity index is 2.40. The predicted molar refractivity (Wildman–Crippen MR) is 83.4 cm³/mol. The lowest BCUT2D eigenvalue weighted by Gasteiger charge is -1.95. The fourth-order valence-corrected chi connectivity index (χ4v) is 1.40. The van der Waals surface area contributed by atoms with Crippen LogP contribution in [-0.4, -0.2) is 38.7 Å². The molecule has 8 nitrogen and oxygen atoms in total. The van der Waals surface area contributed by atoms with Crippen LogP contribution in [0.2, 0.25) is 0 Å². The van der Waals surface area contributed by atoms with Crippen molar-refractivity contribution in [3.05, 3.63) is 60.5 Å². The topological polar surface area (TPSA) is 86.1 Å². The molecular weight excluding hydrogens is 280 g/mol. The predicted octanol–water partition coefficient (Wildman–Crippen LogP) is 1.28. The van der Waals surface area contributed by atoms with Crippen LogP contribution in [0, 0.1) is 0 Å². The molecule has 0 aliphatic rings. The van der Waals surface area contributed by atoms with Gasteiger partial charge in [-0.25, -0.2) is 9.56 Å². The van der Waals surface area contributed by atoms with E-state index in [9.17, 15) is 0 Å². The van der Waals surface area contributed by atoms with E-state index in [1.54, 1.807) is 19.4 Å². The molecule has 1 N–H and O–H groups in total. The average Bonchev–Trinajstić information content (AvgIpc) is 3.02. The molecule has 0 spiro atoms. The first-order valence-electron chi connectivity index (χ1n) is 6.46. The third-order valence-corrected chi connectivity index (χ3v) is 2.69. The van der Waals surface area contributed by atoms with Crippen molar-refractivity contribution in [2.45, 2.75) is 0 Å². The highest BCUT2D eigenvalue weighted by atomic mass is 15.3. The lowest BCUT2D eigenvalue weighted by Crippen LogP contribution is -2.15. The second-order valence-corrected chi connectivity index (χ2v) is 4.45. The van der Waals surface area contributed by atoms with Crippen LogP contribution in [-0.2, 0) is 7.05 Å². The second-order valence-electron chi connectivity index (χ2n) is 4.45. The van der Waals surface area contributed by atoms with Crippen molar-refractivity contribution in [3.8, 4) is 0 Å². The van der Waals surface area contributed by atoms with Crippen LogP contribution in [0.4, 0.5) is 0 Å². The van der Waals surface area contributed by atoms with Crippen molar-refractivity contribution in [2.75, 3.05) is 7.05 Å². The van der Waals surface area contributed by atoms with Gasteiger partial charge in [-0.15, -0.1) is 10.2 Å². The Hall–Kier alpha value is -3.16. The van der Waals surface area contributed by atoms with Crippen molar-refractivity contribution < 1.29 is 4.58 Å². The standard InChI is InChI=1S/C14H17N8/c1-11(21(2)3)17-19-14(13-15-8-9-16-13)20-18-12-7-5-6-10-22(12)4/h5-10H,1-2H2,3-4H3,(H,15,16)/q+1. The van der Waals surface area contributed by atoms with Crippen molar-refractivity contribution in [1.29, 1.82) is 0 Å². The molecule has 112 valence electrons. The van der Waals surface area contributed by atoms with Crippen molar-refractivity contribution in [2.24, 2.45) is 27.5 Å². The number of pyridine rings is 1. The van der Waals surface area contributed by atoms with Gasteiger partial charge in [0.1, 0.15) is 0 Å². The maximum atomic E-state index is 4.16. The summed E-state index contributed by atoms with van der Waals surface area (Å²) in [7, 11) is 3.60. The van der Waals surface area contributed by atoms with E-state index in [-0.39, 0.29) is 5.84 Å². The SMILES string of the molecule is C=C(N=NC(=NN=c1ccccn1C)c1ncc[nH]1)[N+](=C)C. The molecule has 0 saturated carbocycles. The number of amidine groups is 1. The molecule has 2 rings (SSSR count). The molecule has 22 heavy (non-hydrogen) atoms. The summed E-state index contributed by atoms with van der Waals surface area (Å²) in [5.74, 6) is 1.10. The Kier molecular flexibility index (Phi) is 4.86. The quantitative estimate of drug-likeness (QED) is 0.298. The van der Waals surface area contributed by atoms with Gasteiger partial charge in [-0.1, -0.05) is 6.07 Å². The Labute approximate surface area is 127 Å². The lowest BCUT2D eigenvalue weighted by atomic mass is 10.5. The number of aromatic amines is 1. The molecule has 2 aromatic heterocycles. The number of aromatic nitrogens is 3. The number of azo groups is 1. The molecule has 0 amide bonds. The molecule has 0 aliphatic carbocycles. The van der Waals surface area contributed by atoms with Gasteiger partial charge in [0, 0.05) is 25.6 Å². The Morgan fingerprint density at radius 3 is 2.82 bits per heavy atom. The number of aryl methyl sites for hydroxylation is 1. The Morgan fingerprint density at radius 2 is 2.18 bits per heavy atom. The first-order valence-corrected chi connectivity index (χ1v) is 6.46. The van der Waals surface area contributed by atoms with Crippen LogP contribution in [0.25, 0.3) is 0 Å². The molecule has 0 radical (unpaired) electrons. The first-order chi connectivity index (χ1) is 10.6. The summed E-state index contributed by atoms with van der Waals surface area (Å²) in [4.78, 5) is 7.03. The fourth-order valence-electron chi connectivity index (χ4n) is 1.40. The molecule has 0 saturated heterocycles. The maximum Gasteiger partial charge on any atom is 0.342 e. The Bertz CT molecular complexity index is 792. The average molecular weight is 297 g/mol. The van der Waals surface area contributed by atoms with E-state index in [4.69, 9.17) is 0 Å². The van der Waals surface area contributed by atoms with Crippen LogP contribution < -0.4 is 5.49 Å². The van der Waals surface area contributed by atoms with Gasteiger partial charge in [0.15, 0.2) is 11.3 Å². The summed E-state index contributed by atoms with van der Waals surface area (Å²) >= 11 is 0. The second kappa shape index (κ2) is 7.02. The summed E-state index contributed by atoms with van der Waals surface area (Å²) in [5.41, 5.74) is 0.676. The molecule has 0 atom stereocenters. The van der Waals surface area contributed by atoms with E-state index < -0.39 is 0 Å². The molecule has 2 aromatic rings. The highest BCUT2D eigenvalue weighted by Gasteiger charge is 2.09. The van der Waals surface area contributed by atoms with Gasteiger partial charge in [-0.2, -0.15) is 0 Å².